The van der Waals surface area contributed by atoms with Gasteiger partial charge in [-0.3, -0.25) is 4.79 Å². The maximum absolute atomic E-state index is 13.6. The first kappa shape index (κ1) is 13.6. The Kier molecular flexibility index (Phi) is 3.90. The van der Waals surface area contributed by atoms with Crippen LogP contribution in [-0.4, -0.2) is 10.5 Å². The van der Waals surface area contributed by atoms with Gasteiger partial charge in [0.15, 0.2) is 0 Å². The van der Waals surface area contributed by atoms with Gasteiger partial charge in [0.2, 0.25) is 0 Å². The molecule has 1 amide bonds. The Balaban J connectivity index is 2.13. The van der Waals surface area contributed by atoms with Crippen molar-refractivity contribution >= 4 is 17.5 Å². The van der Waals surface area contributed by atoms with Gasteiger partial charge in [0.25, 0.3) is 5.91 Å². The lowest BCUT2D eigenvalue weighted by molar-refractivity contribution is 0.0942. The van der Waals surface area contributed by atoms with Gasteiger partial charge in [-0.15, -0.1) is 0 Å². The van der Waals surface area contributed by atoms with Crippen LogP contribution in [0, 0.1) is 12.7 Å². The summed E-state index contributed by atoms with van der Waals surface area (Å²) in [4.78, 5) is 12.0. The fourth-order valence-corrected chi connectivity index (χ4v) is 2.18. The van der Waals surface area contributed by atoms with Crippen molar-refractivity contribution in [2.75, 3.05) is 0 Å². The van der Waals surface area contributed by atoms with Gasteiger partial charge < -0.3 is 9.88 Å². The fourth-order valence-electron chi connectivity index (χ4n) is 1.95. The second-order valence-corrected chi connectivity index (χ2v) is 4.75. The Morgan fingerprint density at radius 1 is 1.42 bits per heavy atom. The van der Waals surface area contributed by atoms with Crippen molar-refractivity contribution in [3.63, 3.8) is 0 Å². The van der Waals surface area contributed by atoms with E-state index in [0.29, 0.717) is 16.3 Å². The lowest BCUT2D eigenvalue weighted by Crippen LogP contribution is -2.26. The second-order valence-electron chi connectivity index (χ2n) is 4.34. The lowest BCUT2D eigenvalue weighted by atomic mass is 10.2. The van der Waals surface area contributed by atoms with Gasteiger partial charge in [-0.25, -0.2) is 4.39 Å². The molecule has 0 fully saturated rings. The summed E-state index contributed by atoms with van der Waals surface area (Å²) in [7, 11) is 1.79. The standard InChI is InChI=1S/C14H14ClFN2O/c1-9-6-7-18(2)13(9)14(19)17-8-10-11(15)4-3-5-12(10)16/h3-7H,8H2,1-2H3,(H,17,19). The van der Waals surface area contributed by atoms with E-state index in [2.05, 4.69) is 5.32 Å². The molecule has 5 heteroatoms. The van der Waals surface area contributed by atoms with Crippen LogP contribution in [0.2, 0.25) is 5.02 Å². The molecule has 0 bridgehead atoms. The number of nitrogens with zero attached hydrogens (tertiary/aromatic N) is 1. The third-order valence-corrected chi connectivity index (χ3v) is 3.33. The largest absolute Gasteiger partial charge is 0.347 e. The first-order chi connectivity index (χ1) is 9.00. The Labute approximate surface area is 116 Å². The van der Waals surface area contributed by atoms with Gasteiger partial charge in [0.05, 0.1) is 0 Å². The molecule has 0 spiro atoms. The molecule has 0 radical (unpaired) electrons. The molecule has 0 aliphatic rings. The molecule has 2 rings (SSSR count). The monoisotopic (exact) mass is 280 g/mol. The maximum atomic E-state index is 13.6. The molecule has 0 saturated heterocycles. The Hall–Kier alpha value is -1.81. The minimum absolute atomic E-state index is 0.0644. The van der Waals surface area contributed by atoms with Gasteiger partial charge in [-0.05, 0) is 30.7 Å². The van der Waals surface area contributed by atoms with Crippen LogP contribution >= 0.6 is 11.6 Å². The highest BCUT2D eigenvalue weighted by molar-refractivity contribution is 6.31. The first-order valence-electron chi connectivity index (χ1n) is 5.83. The zero-order chi connectivity index (χ0) is 14.0. The van der Waals surface area contributed by atoms with Crippen LogP contribution < -0.4 is 5.32 Å². The van der Waals surface area contributed by atoms with Gasteiger partial charge in [-0.1, -0.05) is 17.7 Å². The van der Waals surface area contributed by atoms with E-state index >= 15 is 0 Å². The number of carbonyl (C=O) groups is 1. The number of aromatic nitrogens is 1. The van der Waals surface area contributed by atoms with Gasteiger partial charge in [0, 0.05) is 30.4 Å². The quantitative estimate of drug-likeness (QED) is 0.921. The molecule has 1 aromatic heterocycles. The molecule has 2 aromatic rings. The number of aryl methyl sites for hydroxylation is 2. The molecule has 0 saturated carbocycles. The Bertz CT molecular complexity index is 582. The average molecular weight is 281 g/mol. The summed E-state index contributed by atoms with van der Waals surface area (Å²) >= 11 is 5.90. The van der Waals surface area contributed by atoms with Crippen LogP contribution in [0.15, 0.2) is 30.5 Å². The molecular weight excluding hydrogens is 267 g/mol. The highest BCUT2D eigenvalue weighted by Crippen LogP contribution is 2.18. The topological polar surface area (TPSA) is 34.0 Å². The van der Waals surface area contributed by atoms with E-state index in [4.69, 9.17) is 11.6 Å². The predicted octanol–water partition coefficient (Wildman–Crippen LogP) is 3.06. The number of hydrogen-bond acceptors (Lipinski definition) is 1. The zero-order valence-electron chi connectivity index (χ0n) is 10.7. The van der Waals surface area contributed by atoms with Gasteiger partial charge in [0.1, 0.15) is 11.5 Å². The molecule has 0 aliphatic heterocycles. The number of hydrogen-bond donors (Lipinski definition) is 1. The van der Waals surface area contributed by atoms with Crippen molar-refractivity contribution in [3.05, 3.63) is 58.1 Å². The van der Waals surface area contributed by atoms with Crippen LogP contribution in [0.1, 0.15) is 21.6 Å². The molecule has 0 aliphatic carbocycles. The van der Waals surface area contributed by atoms with E-state index in [-0.39, 0.29) is 12.5 Å². The van der Waals surface area contributed by atoms with Crippen molar-refractivity contribution in [1.29, 1.82) is 0 Å². The summed E-state index contributed by atoms with van der Waals surface area (Å²) in [5.74, 6) is -0.666. The van der Waals surface area contributed by atoms with E-state index in [1.807, 2.05) is 13.0 Å². The molecule has 1 N–H and O–H groups in total. The maximum Gasteiger partial charge on any atom is 0.268 e. The fraction of sp³-hybridized carbons (Fsp3) is 0.214. The van der Waals surface area contributed by atoms with E-state index in [0.717, 1.165) is 5.56 Å². The summed E-state index contributed by atoms with van der Waals surface area (Å²) < 4.78 is 15.3. The summed E-state index contributed by atoms with van der Waals surface area (Å²) in [5.41, 5.74) is 1.73. The minimum atomic E-state index is -0.420. The summed E-state index contributed by atoms with van der Waals surface area (Å²) in [6, 6.07) is 6.30. The third-order valence-electron chi connectivity index (χ3n) is 2.98. The number of carbonyl (C=O) groups excluding carboxylic acids is 1. The van der Waals surface area contributed by atoms with Crippen molar-refractivity contribution in [2.45, 2.75) is 13.5 Å². The molecule has 100 valence electrons. The highest BCUT2D eigenvalue weighted by atomic mass is 35.5. The summed E-state index contributed by atoms with van der Waals surface area (Å²) in [6.45, 7) is 1.92. The normalized spacial score (nSPS) is 10.5. The van der Waals surface area contributed by atoms with E-state index < -0.39 is 5.82 Å². The minimum Gasteiger partial charge on any atom is -0.347 e. The number of nitrogens with one attached hydrogen (secondary N) is 1. The molecule has 19 heavy (non-hydrogen) atoms. The molecule has 1 aromatic carbocycles. The first-order valence-corrected chi connectivity index (χ1v) is 6.21. The number of halogens is 2. The molecule has 0 atom stereocenters. The van der Waals surface area contributed by atoms with Crippen LogP contribution in [-0.2, 0) is 13.6 Å². The van der Waals surface area contributed by atoms with E-state index in [1.165, 1.54) is 12.1 Å². The molecule has 3 nitrogen and oxygen atoms in total. The lowest BCUT2D eigenvalue weighted by Gasteiger charge is -2.09. The molecule has 0 unspecified atom stereocenters. The number of amides is 1. The average Bonchev–Trinajstić information content (AvgIpc) is 2.68. The smallest absolute Gasteiger partial charge is 0.268 e. The Morgan fingerprint density at radius 2 is 2.16 bits per heavy atom. The van der Waals surface area contributed by atoms with Crippen LogP contribution in [0.5, 0.6) is 0 Å². The summed E-state index contributed by atoms with van der Waals surface area (Å²) in [6.07, 6.45) is 1.81. The number of rotatable bonds is 3. The van der Waals surface area contributed by atoms with Crippen molar-refractivity contribution in [3.8, 4) is 0 Å². The highest BCUT2D eigenvalue weighted by Gasteiger charge is 2.14. The zero-order valence-corrected chi connectivity index (χ0v) is 11.5. The van der Waals surface area contributed by atoms with Crippen LogP contribution in [0.4, 0.5) is 4.39 Å². The van der Waals surface area contributed by atoms with Crippen molar-refractivity contribution < 1.29 is 9.18 Å². The van der Waals surface area contributed by atoms with Gasteiger partial charge in [-0.2, -0.15) is 0 Å². The van der Waals surface area contributed by atoms with E-state index in [1.54, 1.807) is 23.9 Å². The number of benzene rings is 1. The van der Waals surface area contributed by atoms with E-state index in [9.17, 15) is 9.18 Å². The second kappa shape index (κ2) is 5.45. The molecular formula is C14H14ClFN2O. The van der Waals surface area contributed by atoms with Crippen LogP contribution in [0.3, 0.4) is 0 Å². The van der Waals surface area contributed by atoms with Crippen molar-refractivity contribution in [2.24, 2.45) is 7.05 Å². The van der Waals surface area contributed by atoms with Crippen LogP contribution in [0.25, 0.3) is 0 Å². The predicted molar refractivity (Wildman–Crippen MR) is 72.7 cm³/mol. The SMILES string of the molecule is Cc1ccn(C)c1C(=O)NCc1c(F)cccc1Cl. The third kappa shape index (κ3) is 2.79. The summed E-state index contributed by atoms with van der Waals surface area (Å²) in [5, 5.41) is 2.99. The Morgan fingerprint density at radius 3 is 2.74 bits per heavy atom. The van der Waals surface area contributed by atoms with Gasteiger partial charge >= 0.3 is 0 Å². The van der Waals surface area contributed by atoms with Crippen molar-refractivity contribution in [1.82, 2.24) is 9.88 Å². The molecule has 1 heterocycles.